The quantitative estimate of drug-likeness (QED) is 0.406. The van der Waals surface area contributed by atoms with Gasteiger partial charge in [-0.15, -0.1) is 11.6 Å². The first-order valence-electron chi connectivity index (χ1n) is 7.90. The van der Waals surface area contributed by atoms with Crippen LogP contribution in [0.3, 0.4) is 0 Å². The normalized spacial score (nSPS) is 10.6. The fourth-order valence-corrected chi connectivity index (χ4v) is 3.09. The number of rotatable bonds is 8. The third-order valence-electron chi connectivity index (χ3n) is 3.64. The van der Waals surface area contributed by atoms with Crippen molar-refractivity contribution < 1.29 is 24.5 Å². The van der Waals surface area contributed by atoms with Crippen molar-refractivity contribution >= 4 is 58.1 Å². The van der Waals surface area contributed by atoms with E-state index in [2.05, 4.69) is 5.32 Å². The average molecular weight is 467 g/mol. The predicted octanol–water partition coefficient (Wildman–Crippen LogP) is 3.81. The number of amides is 1. The van der Waals surface area contributed by atoms with Crippen LogP contribution in [-0.4, -0.2) is 41.0 Å². The molecule has 0 heterocycles. The van der Waals surface area contributed by atoms with E-state index in [0.717, 1.165) is 0 Å². The molecule has 0 spiro atoms. The van der Waals surface area contributed by atoms with E-state index in [1.807, 2.05) is 0 Å². The van der Waals surface area contributed by atoms with Crippen LogP contribution >= 0.6 is 46.4 Å². The number of halogens is 4. The van der Waals surface area contributed by atoms with Crippen LogP contribution in [0.25, 0.3) is 0 Å². The molecule has 0 radical (unpaired) electrons. The number of hydrogen-bond donors (Lipinski definition) is 3. The Bertz CT molecular complexity index is 904. The Balaban J connectivity index is 2.37. The lowest BCUT2D eigenvalue weighted by Gasteiger charge is -2.13. The van der Waals surface area contributed by atoms with E-state index < -0.39 is 11.7 Å². The summed E-state index contributed by atoms with van der Waals surface area (Å²) in [4.78, 5) is 24.2. The highest BCUT2D eigenvalue weighted by atomic mass is 35.5. The number of ketones is 1. The summed E-state index contributed by atoms with van der Waals surface area (Å²) in [6.07, 6.45) is 0. The monoisotopic (exact) mass is 465 g/mol. The number of benzene rings is 2. The molecule has 0 fully saturated rings. The van der Waals surface area contributed by atoms with Crippen LogP contribution in [0.2, 0.25) is 15.1 Å². The number of phenolic OH excluding ortho intramolecular Hbond substituents is 1. The van der Waals surface area contributed by atoms with Crippen LogP contribution in [0.15, 0.2) is 24.3 Å². The summed E-state index contributed by atoms with van der Waals surface area (Å²) in [5.74, 6) is -1.21. The highest BCUT2D eigenvalue weighted by molar-refractivity contribution is 6.45. The number of aliphatic hydroxyl groups excluding tert-OH is 1. The molecule has 0 aliphatic rings. The molecule has 0 saturated heterocycles. The zero-order chi connectivity index (χ0) is 20.8. The molecule has 28 heavy (non-hydrogen) atoms. The van der Waals surface area contributed by atoms with Gasteiger partial charge in [-0.05, 0) is 24.3 Å². The number of phenols is 1. The Morgan fingerprint density at radius 1 is 1.11 bits per heavy atom. The van der Waals surface area contributed by atoms with Gasteiger partial charge in [-0.25, -0.2) is 0 Å². The number of nitrogens with one attached hydrogen (secondary N) is 1. The van der Waals surface area contributed by atoms with E-state index in [0.29, 0.717) is 0 Å². The first-order chi connectivity index (χ1) is 13.3. The Labute approximate surface area is 180 Å². The summed E-state index contributed by atoms with van der Waals surface area (Å²) < 4.78 is 5.24. The Morgan fingerprint density at radius 2 is 1.82 bits per heavy atom. The average Bonchev–Trinajstić information content (AvgIpc) is 2.69. The van der Waals surface area contributed by atoms with Gasteiger partial charge in [0.15, 0.2) is 5.78 Å². The number of carbonyl (C=O) groups is 2. The molecule has 0 aliphatic heterocycles. The molecule has 2 aromatic carbocycles. The Kier molecular flexibility index (Phi) is 8.22. The topological polar surface area (TPSA) is 95.9 Å². The minimum atomic E-state index is -0.493. The molecule has 0 unspecified atom stereocenters. The van der Waals surface area contributed by atoms with Gasteiger partial charge in [0.25, 0.3) is 0 Å². The van der Waals surface area contributed by atoms with E-state index in [1.165, 1.54) is 24.3 Å². The van der Waals surface area contributed by atoms with Gasteiger partial charge in [0.1, 0.15) is 29.0 Å². The highest BCUT2D eigenvalue weighted by Gasteiger charge is 2.20. The number of aliphatic hydroxyl groups is 1. The van der Waals surface area contributed by atoms with Gasteiger partial charge in [-0.2, -0.15) is 0 Å². The molecular formula is C18H15Cl4NO5. The van der Waals surface area contributed by atoms with Crippen LogP contribution in [0.1, 0.15) is 21.5 Å². The second kappa shape index (κ2) is 10.2. The van der Waals surface area contributed by atoms with Crippen molar-refractivity contribution in [3.63, 3.8) is 0 Å². The van der Waals surface area contributed by atoms with Crippen molar-refractivity contribution in [1.82, 2.24) is 5.32 Å². The summed E-state index contributed by atoms with van der Waals surface area (Å²) in [5, 5.41) is 21.3. The number of alkyl halides is 1. The van der Waals surface area contributed by atoms with Crippen molar-refractivity contribution in [3.8, 4) is 11.5 Å². The molecule has 150 valence electrons. The maximum Gasteiger partial charge on any atom is 0.235 e. The molecule has 0 bridgehead atoms. The lowest BCUT2D eigenvalue weighted by molar-refractivity contribution is -0.118. The smallest absolute Gasteiger partial charge is 0.235 e. The maximum absolute atomic E-state index is 12.9. The van der Waals surface area contributed by atoms with Crippen molar-refractivity contribution in [2.75, 3.05) is 19.1 Å². The molecule has 0 aliphatic carbocycles. The molecule has 0 aromatic heterocycles. The largest absolute Gasteiger partial charge is 0.506 e. The number of carbonyl (C=O) groups excluding carboxylic acids is 2. The number of hydrogen-bond acceptors (Lipinski definition) is 5. The minimum absolute atomic E-state index is 0.0221. The van der Waals surface area contributed by atoms with Gasteiger partial charge in [-0.3, -0.25) is 9.59 Å². The van der Waals surface area contributed by atoms with E-state index in [1.54, 1.807) is 0 Å². The molecule has 0 atom stereocenters. The zero-order valence-electron chi connectivity index (χ0n) is 14.3. The first-order valence-corrected chi connectivity index (χ1v) is 9.57. The predicted molar refractivity (Wildman–Crippen MR) is 108 cm³/mol. The van der Waals surface area contributed by atoms with Crippen molar-refractivity contribution in [2.24, 2.45) is 0 Å². The number of aromatic hydroxyl groups is 1. The summed E-state index contributed by atoms with van der Waals surface area (Å²) in [5.41, 5.74) is 0.472. The molecule has 1 amide bonds. The maximum atomic E-state index is 12.9. The third kappa shape index (κ3) is 5.21. The molecule has 3 N–H and O–H groups in total. The first kappa shape index (κ1) is 22.6. The van der Waals surface area contributed by atoms with Crippen molar-refractivity contribution in [3.05, 3.63) is 56.0 Å². The number of ether oxygens (including phenoxy) is 1. The lowest BCUT2D eigenvalue weighted by Crippen LogP contribution is -2.23. The SMILES string of the molecule is O=C(CCl)NCc1cc(C(=O)c2ccc(OCCO)c(Cl)c2Cl)cc(Cl)c1O. The molecule has 6 nitrogen and oxygen atoms in total. The van der Waals surface area contributed by atoms with E-state index in [-0.39, 0.29) is 68.9 Å². The lowest BCUT2D eigenvalue weighted by atomic mass is 10.00. The second-order valence-electron chi connectivity index (χ2n) is 5.52. The summed E-state index contributed by atoms with van der Waals surface area (Å²) in [7, 11) is 0. The van der Waals surface area contributed by atoms with Gasteiger partial charge in [-0.1, -0.05) is 34.8 Å². The van der Waals surface area contributed by atoms with E-state index >= 15 is 0 Å². The summed E-state index contributed by atoms with van der Waals surface area (Å²) in [6.45, 7) is -0.251. The van der Waals surface area contributed by atoms with E-state index in [4.69, 9.17) is 56.2 Å². The van der Waals surface area contributed by atoms with E-state index in [9.17, 15) is 14.7 Å². The molecule has 10 heteroatoms. The van der Waals surface area contributed by atoms with Gasteiger partial charge >= 0.3 is 0 Å². The van der Waals surface area contributed by atoms with Gasteiger partial charge < -0.3 is 20.3 Å². The minimum Gasteiger partial charge on any atom is -0.506 e. The van der Waals surface area contributed by atoms with Gasteiger partial charge in [0.2, 0.25) is 5.91 Å². The molecule has 2 aromatic rings. The zero-order valence-corrected chi connectivity index (χ0v) is 17.3. The van der Waals surface area contributed by atoms with Crippen molar-refractivity contribution in [1.29, 1.82) is 0 Å². The van der Waals surface area contributed by atoms with Gasteiger partial charge in [0.05, 0.1) is 16.7 Å². The fraction of sp³-hybridized carbons (Fsp3) is 0.222. The Morgan fingerprint density at radius 3 is 2.46 bits per heavy atom. The third-order valence-corrected chi connectivity index (χ3v) is 5.04. The Hall–Kier alpha value is -1.70. The van der Waals surface area contributed by atoms with Crippen LogP contribution in [0, 0.1) is 0 Å². The fourth-order valence-electron chi connectivity index (χ4n) is 2.29. The van der Waals surface area contributed by atoms with Crippen LogP contribution < -0.4 is 10.1 Å². The van der Waals surface area contributed by atoms with Crippen molar-refractivity contribution in [2.45, 2.75) is 6.54 Å². The molecule has 2 rings (SSSR count). The van der Waals surface area contributed by atoms with Crippen LogP contribution in [-0.2, 0) is 11.3 Å². The van der Waals surface area contributed by atoms with Crippen LogP contribution in [0.4, 0.5) is 0 Å². The van der Waals surface area contributed by atoms with Crippen LogP contribution in [0.5, 0.6) is 11.5 Å². The highest BCUT2D eigenvalue weighted by Crippen LogP contribution is 2.37. The summed E-state index contributed by atoms with van der Waals surface area (Å²) >= 11 is 23.8. The molecule has 0 saturated carbocycles. The van der Waals surface area contributed by atoms with Gasteiger partial charge in [0, 0.05) is 23.2 Å². The standard InChI is InChI=1S/C18H15Cl4NO5/c19-7-14(25)23-8-10-5-9(6-12(20)18(10)27)17(26)11-1-2-13(28-4-3-24)16(22)15(11)21/h1-2,5-6,24,27H,3-4,7-8H2,(H,23,25). The second-order valence-corrected chi connectivity index (χ2v) is 6.95. The summed E-state index contributed by atoms with van der Waals surface area (Å²) in [6, 6.07) is 5.56. The molecular weight excluding hydrogens is 452 g/mol.